The molecule has 0 N–H and O–H groups in total. The molecule has 0 radical (unpaired) electrons. The summed E-state index contributed by atoms with van der Waals surface area (Å²) in [5.74, 6) is 0.557. The Morgan fingerprint density at radius 2 is 1.23 bits per heavy atom. The molecule has 2 heteroatoms. The Balaban J connectivity index is 0.000000257. The minimum absolute atomic E-state index is 0.194. The first kappa shape index (κ1) is 30.0. The molecule has 0 saturated heterocycles. The fourth-order valence-corrected chi connectivity index (χ4v) is 5.25. The molecule has 1 aliphatic rings. The van der Waals surface area contributed by atoms with Crippen molar-refractivity contribution < 1.29 is 24.2 Å². The molecular weight excluding hydrogens is 516 g/mol. The van der Waals surface area contributed by atoms with Crippen LogP contribution in [0.3, 0.4) is 0 Å². The number of fused-ring (bicyclic) bond motifs is 3. The summed E-state index contributed by atoms with van der Waals surface area (Å²) in [5, 5.41) is 7.04. The van der Waals surface area contributed by atoms with Gasteiger partial charge in [0.15, 0.2) is 0 Å². The number of allylic oxidation sites excluding steroid dienone is 4. The molecule has 0 saturated carbocycles. The predicted octanol–water partition coefficient (Wildman–Crippen LogP) is 9.85. The van der Waals surface area contributed by atoms with E-state index in [1.54, 1.807) is 29.4 Å². The van der Waals surface area contributed by atoms with Gasteiger partial charge in [-0.1, -0.05) is 109 Å². The van der Waals surface area contributed by atoms with Gasteiger partial charge in [0, 0.05) is 0 Å². The third-order valence-corrected chi connectivity index (χ3v) is 8.28. The van der Waals surface area contributed by atoms with Crippen molar-refractivity contribution in [2.24, 2.45) is 5.92 Å². The summed E-state index contributed by atoms with van der Waals surface area (Å²) in [6, 6.07) is 16.1. The molecule has 35 heavy (non-hydrogen) atoms. The van der Waals surface area contributed by atoms with Crippen LogP contribution in [-0.2, 0) is 35.1 Å². The van der Waals surface area contributed by atoms with E-state index >= 15 is 0 Å². The molecule has 3 aromatic rings. The second-order valence-electron chi connectivity index (χ2n) is 13.2. The van der Waals surface area contributed by atoms with Crippen molar-refractivity contribution in [1.29, 1.82) is 0 Å². The third kappa shape index (κ3) is 8.68. The summed E-state index contributed by atoms with van der Waals surface area (Å²) in [6.07, 6.45) is 7.81. The first-order valence-corrected chi connectivity index (χ1v) is 17.6. The van der Waals surface area contributed by atoms with Crippen molar-refractivity contribution >= 4 is 32.8 Å². The van der Waals surface area contributed by atoms with Gasteiger partial charge in [-0.25, -0.2) is 11.3 Å². The van der Waals surface area contributed by atoms with Gasteiger partial charge >= 0.3 is 41.3 Å². The van der Waals surface area contributed by atoms with Crippen LogP contribution in [0.2, 0.25) is 19.6 Å². The molecule has 0 nitrogen and oxygen atoms in total. The van der Waals surface area contributed by atoms with Gasteiger partial charge in [-0.15, -0.1) is 39.7 Å². The summed E-state index contributed by atoms with van der Waals surface area (Å²) in [4.78, 5) is 0. The summed E-state index contributed by atoms with van der Waals surface area (Å²) >= 11 is 1.55. The molecule has 1 atom stereocenters. The summed E-state index contributed by atoms with van der Waals surface area (Å²) < 4.78 is 1.51. The molecule has 0 amide bonds. The molecule has 4 rings (SSSR count). The quantitative estimate of drug-likeness (QED) is 0.205. The molecule has 1 aliphatic carbocycles. The molecule has 0 bridgehead atoms. The van der Waals surface area contributed by atoms with Gasteiger partial charge in [-0.05, 0) is 18.9 Å². The Morgan fingerprint density at radius 3 is 1.49 bits per heavy atom. The first-order valence-electron chi connectivity index (χ1n) is 12.9. The van der Waals surface area contributed by atoms with Crippen LogP contribution < -0.4 is 0 Å². The van der Waals surface area contributed by atoms with Crippen molar-refractivity contribution in [3.63, 3.8) is 0 Å². The van der Waals surface area contributed by atoms with Crippen LogP contribution in [-0.4, -0.2) is 11.3 Å². The Hall–Kier alpha value is -1.24. The molecule has 1 unspecified atom stereocenters. The summed E-state index contributed by atoms with van der Waals surface area (Å²) in [7, 11) is -1.02. The predicted molar refractivity (Wildman–Crippen MR) is 159 cm³/mol. The maximum atomic E-state index is 3.29. The standard InChI is InChI=1S/C21H25.C9H15Si.C3H6.Zr/c1-20(2,3)16-9-7-14-11-15-8-10-17(21(4,5)6)13-19(15)18(14)12-16;1-8-5-6-9(7-8)10(2,3)4;1-3-2;/h7-13H,1-6H3;6-8H,1-4H3;1-2H3;/q2*-1;;+2. The number of hydrogen-bond acceptors (Lipinski definition) is 0. The zero-order valence-corrected chi connectivity index (χ0v) is 27.7. The first-order chi connectivity index (χ1) is 15.9. The monoisotopic (exact) mass is 560 g/mol. The maximum absolute atomic E-state index is 3.29. The van der Waals surface area contributed by atoms with Gasteiger partial charge in [-0.3, -0.25) is 6.08 Å². The van der Waals surface area contributed by atoms with E-state index in [1.165, 1.54) is 35.9 Å². The van der Waals surface area contributed by atoms with E-state index in [-0.39, 0.29) is 10.8 Å². The zero-order valence-electron chi connectivity index (χ0n) is 24.3. The van der Waals surface area contributed by atoms with E-state index < -0.39 is 8.07 Å². The minimum atomic E-state index is -1.02. The Labute approximate surface area is 231 Å². The number of rotatable bonds is 1. The van der Waals surface area contributed by atoms with Crippen LogP contribution in [0.4, 0.5) is 0 Å². The van der Waals surface area contributed by atoms with Gasteiger partial charge in [-0.2, -0.15) is 6.08 Å². The van der Waals surface area contributed by atoms with Crippen molar-refractivity contribution in [2.75, 3.05) is 0 Å². The van der Waals surface area contributed by atoms with Crippen LogP contribution in [0.5, 0.6) is 0 Å². The van der Waals surface area contributed by atoms with Gasteiger partial charge < -0.3 is 0 Å². The second kappa shape index (κ2) is 11.4. The molecule has 0 aliphatic heterocycles. The van der Waals surface area contributed by atoms with E-state index in [0.29, 0.717) is 5.92 Å². The van der Waals surface area contributed by atoms with E-state index in [9.17, 15) is 0 Å². The van der Waals surface area contributed by atoms with Crippen molar-refractivity contribution in [3.8, 4) is 0 Å². The average Bonchev–Trinajstić information content (AvgIpc) is 3.29. The van der Waals surface area contributed by atoms with Gasteiger partial charge in [0.25, 0.3) is 0 Å². The molecule has 0 aromatic heterocycles. The normalized spacial score (nSPS) is 15.9. The fourth-order valence-electron chi connectivity index (χ4n) is 3.98. The van der Waals surface area contributed by atoms with Crippen molar-refractivity contribution in [3.05, 3.63) is 77.0 Å². The van der Waals surface area contributed by atoms with Crippen LogP contribution >= 0.6 is 0 Å². The van der Waals surface area contributed by atoms with Crippen LogP contribution in [0, 0.1) is 12.0 Å². The SMILES string of the molecule is CC(C)(C)c1ccc2[cH-]c3ccc(C(C)(C)C)cc3c2c1.CC1[C-]=CC([Si](C)(C)C)=C1.C[C](C)=[Zr+2]. The summed E-state index contributed by atoms with van der Waals surface area (Å²) in [5.41, 5.74) is 3.20. The average molecular weight is 562 g/mol. The Bertz CT molecular complexity index is 1160. The van der Waals surface area contributed by atoms with E-state index in [2.05, 4.69) is 143 Å². The van der Waals surface area contributed by atoms with Crippen molar-refractivity contribution in [1.82, 2.24) is 0 Å². The molecule has 3 aromatic carbocycles. The summed E-state index contributed by atoms with van der Waals surface area (Å²) in [6.45, 7) is 27.2. The number of benzene rings is 2. The van der Waals surface area contributed by atoms with E-state index in [1.807, 2.05) is 0 Å². The van der Waals surface area contributed by atoms with Gasteiger partial charge in [0.1, 0.15) is 0 Å². The van der Waals surface area contributed by atoms with E-state index in [0.717, 1.165) is 0 Å². The van der Waals surface area contributed by atoms with Crippen LogP contribution in [0.1, 0.15) is 73.4 Å². The van der Waals surface area contributed by atoms with Crippen LogP contribution in [0.15, 0.2) is 59.8 Å². The molecule has 186 valence electrons. The number of hydrogen-bond donors (Lipinski definition) is 0. The molecular formula is C33H46SiZr. The Morgan fingerprint density at radius 1 is 0.829 bits per heavy atom. The van der Waals surface area contributed by atoms with Gasteiger partial charge in [0.2, 0.25) is 0 Å². The van der Waals surface area contributed by atoms with Crippen molar-refractivity contribution in [2.45, 2.75) is 92.8 Å². The molecule has 0 heterocycles. The van der Waals surface area contributed by atoms with Gasteiger partial charge in [0.05, 0.1) is 0 Å². The second-order valence-corrected chi connectivity index (χ2v) is 20.8. The molecule has 0 fully saturated rings. The van der Waals surface area contributed by atoms with E-state index in [4.69, 9.17) is 0 Å². The third-order valence-electron chi connectivity index (χ3n) is 6.24. The van der Waals surface area contributed by atoms with Crippen LogP contribution in [0.25, 0.3) is 21.5 Å². The topological polar surface area (TPSA) is 0 Å². The fraction of sp³-hybridized carbons (Fsp3) is 0.455. The Kier molecular flexibility index (Phi) is 9.80. The molecule has 0 spiro atoms. The zero-order chi connectivity index (χ0) is 26.8.